The van der Waals surface area contributed by atoms with E-state index in [4.69, 9.17) is 10.5 Å². The molecule has 28 heavy (non-hydrogen) atoms. The van der Waals surface area contributed by atoms with Crippen molar-refractivity contribution in [3.8, 4) is 10.6 Å². The van der Waals surface area contributed by atoms with Crippen LogP contribution in [-0.4, -0.2) is 34.6 Å². The molecule has 0 bridgehead atoms. The molecule has 2 N–H and O–H groups in total. The molecule has 3 aromatic heterocycles. The number of aromatic nitrogens is 3. The lowest BCUT2D eigenvalue weighted by Crippen LogP contribution is -2.46. The van der Waals surface area contributed by atoms with Crippen molar-refractivity contribution in [3.05, 3.63) is 52.7 Å². The lowest BCUT2D eigenvalue weighted by atomic mass is 9.85. The lowest BCUT2D eigenvalue weighted by molar-refractivity contribution is -0.0735. The first kappa shape index (κ1) is 17.6. The Balaban J connectivity index is 1.44. The number of rotatable bonds is 2. The number of thiophene rings is 1. The Morgan fingerprint density at radius 2 is 2.04 bits per heavy atom. The molecule has 2 aliphatic rings. The number of ether oxygens (including phenoxy) is 1. The molecule has 5 rings (SSSR count). The van der Waals surface area contributed by atoms with Crippen molar-refractivity contribution >= 4 is 23.1 Å². The Hall–Kier alpha value is -2.51. The molecule has 0 unspecified atom stereocenters. The minimum atomic E-state index is -0.185. The summed E-state index contributed by atoms with van der Waals surface area (Å²) in [5.41, 5.74) is 8.88. The number of fused-ring (bicyclic) bond motifs is 2. The van der Waals surface area contributed by atoms with Gasteiger partial charge in [0.1, 0.15) is 11.4 Å². The predicted molar refractivity (Wildman–Crippen MR) is 112 cm³/mol. The number of hydrogen-bond acceptors (Lipinski definition) is 7. The zero-order valence-corrected chi connectivity index (χ0v) is 16.7. The van der Waals surface area contributed by atoms with Gasteiger partial charge >= 0.3 is 0 Å². The molecular weight excluding hydrogens is 370 g/mol. The molecule has 0 aliphatic carbocycles. The Morgan fingerprint density at radius 1 is 1.18 bits per heavy atom. The average molecular weight is 394 g/mol. The zero-order chi connectivity index (χ0) is 19.1. The Morgan fingerprint density at radius 3 is 2.79 bits per heavy atom. The van der Waals surface area contributed by atoms with E-state index in [9.17, 15) is 0 Å². The summed E-state index contributed by atoms with van der Waals surface area (Å²) in [6.07, 6.45) is 4.76. The number of nitrogen functional groups attached to an aromatic ring is 1. The van der Waals surface area contributed by atoms with Gasteiger partial charge in [-0.2, -0.15) is 0 Å². The van der Waals surface area contributed by atoms with Crippen LogP contribution in [0.4, 0.5) is 11.8 Å². The van der Waals surface area contributed by atoms with E-state index in [1.165, 1.54) is 10.4 Å². The highest BCUT2D eigenvalue weighted by atomic mass is 32.1. The maximum Gasteiger partial charge on any atom is 0.220 e. The van der Waals surface area contributed by atoms with Gasteiger partial charge in [0, 0.05) is 29.9 Å². The second-order valence-electron chi connectivity index (χ2n) is 7.49. The third kappa shape index (κ3) is 3.04. The van der Waals surface area contributed by atoms with Crippen molar-refractivity contribution in [1.29, 1.82) is 0 Å². The van der Waals surface area contributed by atoms with E-state index in [2.05, 4.69) is 32.0 Å². The molecule has 0 atom stereocenters. The van der Waals surface area contributed by atoms with E-state index < -0.39 is 0 Å². The van der Waals surface area contributed by atoms with Crippen LogP contribution < -0.4 is 10.6 Å². The highest BCUT2D eigenvalue weighted by molar-refractivity contribution is 7.15. The van der Waals surface area contributed by atoms with Crippen LogP contribution in [0.1, 0.15) is 29.0 Å². The summed E-state index contributed by atoms with van der Waals surface area (Å²) in [7, 11) is 0. The minimum Gasteiger partial charge on any atom is -0.369 e. The first-order chi connectivity index (χ1) is 13.6. The van der Waals surface area contributed by atoms with Crippen LogP contribution in [0.3, 0.4) is 0 Å². The summed E-state index contributed by atoms with van der Waals surface area (Å²) in [6, 6.07) is 10.4. The van der Waals surface area contributed by atoms with E-state index in [0.717, 1.165) is 61.0 Å². The number of hydrogen-bond donors (Lipinski definition) is 1. The van der Waals surface area contributed by atoms with Crippen molar-refractivity contribution < 1.29 is 4.74 Å². The molecule has 6 nitrogen and oxygen atoms in total. The van der Waals surface area contributed by atoms with Gasteiger partial charge in [-0.25, -0.2) is 15.0 Å². The molecule has 1 fully saturated rings. The topological polar surface area (TPSA) is 77.2 Å². The van der Waals surface area contributed by atoms with Gasteiger partial charge in [-0.05, 0) is 56.0 Å². The smallest absolute Gasteiger partial charge is 0.220 e. The second kappa shape index (κ2) is 6.83. The maximum absolute atomic E-state index is 6.42. The van der Waals surface area contributed by atoms with E-state index >= 15 is 0 Å². The largest absolute Gasteiger partial charge is 0.369 e. The number of nitrogens with zero attached hydrogens (tertiary/aromatic N) is 4. The van der Waals surface area contributed by atoms with E-state index in [1.54, 1.807) is 11.3 Å². The van der Waals surface area contributed by atoms with Gasteiger partial charge in [0.2, 0.25) is 5.95 Å². The second-order valence-corrected chi connectivity index (χ2v) is 8.54. The van der Waals surface area contributed by atoms with Crippen LogP contribution in [-0.2, 0) is 16.8 Å². The monoisotopic (exact) mass is 393 g/mol. The summed E-state index contributed by atoms with van der Waals surface area (Å²) >= 11 is 1.80. The Bertz CT molecular complexity index is 975. The fourth-order valence-electron chi connectivity index (χ4n) is 4.28. The third-order valence-corrected chi connectivity index (χ3v) is 7.03. The fraction of sp³-hybridized carbons (Fsp3) is 0.381. The quantitative estimate of drug-likeness (QED) is 0.717. The number of nitrogens with two attached hydrogens (primary N) is 1. The molecule has 5 heterocycles. The van der Waals surface area contributed by atoms with Crippen molar-refractivity contribution in [2.24, 2.45) is 0 Å². The number of aryl methyl sites for hydroxylation is 1. The SMILES string of the molecule is Cc1cc(-c2cc3c(s2)C2(CCN(c4ccccn4)CC2)OCC3)nc(N)n1. The van der Waals surface area contributed by atoms with Gasteiger partial charge in [0.25, 0.3) is 0 Å². The lowest BCUT2D eigenvalue weighted by Gasteiger charge is -2.44. The average Bonchev–Trinajstić information content (AvgIpc) is 3.15. The van der Waals surface area contributed by atoms with Crippen LogP contribution in [0.15, 0.2) is 36.5 Å². The van der Waals surface area contributed by atoms with E-state index in [0.29, 0.717) is 5.95 Å². The molecule has 7 heteroatoms. The van der Waals surface area contributed by atoms with Crippen molar-refractivity contribution in [1.82, 2.24) is 15.0 Å². The summed E-state index contributed by atoms with van der Waals surface area (Å²) < 4.78 is 6.42. The molecule has 1 spiro atoms. The van der Waals surface area contributed by atoms with Crippen LogP contribution in [0.5, 0.6) is 0 Å². The fourth-order valence-corrected chi connectivity index (χ4v) is 5.65. The van der Waals surface area contributed by atoms with E-state index in [-0.39, 0.29) is 5.60 Å². The standard InChI is InChI=1S/C21H23N5OS/c1-14-12-16(25-20(22)24-14)17-13-15-5-11-27-21(19(15)28-17)6-9-26(10-7-21)18-4-2-3-8-23-18/h2-4,8,12-13H,5-7,9-11H2,1H3,(H2,22,24,25). The first-order valence-electron chi connectivity index (χ1n) is 9.68. The Kier molecular flexibility index (Phi) is 4.29. The van der Waals surface area contributed by atoms with Crippen LogP contribution in [0.2, 0.25) is 0 Å². The van der Waals surface area contributed by atoms with Gasteiger partial charge in [-0.15, -0.1) is 11.3 Å². The van der Waals surface area contributed by atoms with Gasteiger partial charge in [0.15, 0.2) is 0 Å². The van der Waals surface area contributed by atoms with Crippen LogP contribution in [0.25, 0.3) is 10.6 Å². The maximum atomic E-state index is 6.42. The third-order valence-electron chi connectivity index (χ3n) is 5.64. The number of piperidine rings is 1. The zero-order valence-electron chi connectivity index (χ0n) is 15.9. The molecule has 2 aliphatic heterocycles. The number of anilines is 2. The molecule has 3 aromatic rings. The summed E-state index contributed by atoms with van der Waals surface area (Å²) in [6.45, 7) is 4.62. The molecule has 0 aromatic carbocycles. The van der Waals surface area contributed by atoms with Crippen molar-refractivity contribution in [2.45, 2.75) is 31.8 Å². The molecule has 144 valence electrons. The molecule has 0 saturated carbocycles. The molecule has 0 amide bonds. The van der Waals surface area contributed by atoms with Crippen molar-refractivity contribution in [2.75, 3.05) is 30.3 Å². The minimum absolute atomic E-state index is 0.185. The normalized spacial score (nSPS) is 18.2. The summed E-state index contributed by atoms with van der Waals surface area (Å²) in [5.74, 6) is 1.38. The summed E-state index contributed by atoms with van der Waals surface area (Å²) in [4.78, 5) is 18.0. The van der Waals surface area contributed by atoms with Crippen LogP contribution in [0, 0.1) is 6.92 Å². The Labute approximate surface area is 168 Å². The summed E-state index contributed by atoms with van der Waals surface area (Å²) in [5, 5.41) is 0. The molecule has 0 radical (unpaired) electrons. The van der Waals surface area contributed by atoms with Gasteiger partial charge < -0.3 is 15.4 Å². The molecular formula is C21H23N5OS. The van der Waals surface area contributed by atoms with Gasteiger partial charge in [0.05, 0.1) is 17.2 Å². The predicted octanol–water partition coefficient (Wildman–Crippen LogP) is 3.56. The first-order valence-corrected chi connectivity index (χ1v) is 10.5. The molecule has 1 saturated heterocycles. The highest BCUT2D eigenvalue weighted by Crippen LogP contribution is 2.47. The van der Waals surface area contributed by atoms with Gasteiger partial charge in [-0.1, -0.05) is 6.07 Å². The van der Waals surface area contributed by atoms with E-state index in [1.807, 2.05) is 31.3 Å². The highest BCUT2D eigenvalue weighted by Gasteiger charge is 2.42. The number of pyridine rings is 1. The van der Waals surface area contributed by atoms with Gasteiger partial charge in [-0.3, -0.25) is 0 Å². The van der Waals surface area contributed by atoms with Crippen molar-refractivity contribution in [3.63, 3.8) is 0 Å². The van der Waals surface area contributed by atoms with Crippen LogP contribution >= 0.6 is 11.3 Å².